The summed E-state index contributed by atoms with van der Waals surface area (Å²) in [6.07, 6.45) is 0.520. The Kier molecular flexibility index (Phi) is 17.3. The van der Waals surface area contributed by atoms with E-state index in [4.69, 9.17) is 22.0 Å². The second-order valence-electron chi connectivity index (χ2n) is 10.3. The molecule has 234 valence electrons. The molecule has 0 spiro atoms. The zero-order valence-corrected chi connectivity index (χ0v) is 24.1. The highest BCUT2D eigenvalue weighted by atomic mass is 16.4. The Morgan fingerprint density at radius 3 is 1.98 bits per heavy atom. The first-order chi connectivity index (χ1) is 19.1. The predicted molar refractivity (Wildman–Crippen MR) is 149 cm³/mol. The Labute approximate surface area is 239 Å². The molecule has 0 rings (SSSR count). The van der Waals surface area contributed by atoms with Gasteiger partial charge in [0.2, 0.25) is 23.6 Å². The largest absolute Gasteiger partial charge is 0.481 e. The van der Waals surface area contributed by atoms with Gasteiger partial charge in [-0.05, 0) is 37.5 Å². The molecule has 0 bridgehead atoms. The van der Waals surface area contributed by atoms with E-state index in [2.05, 4.69) is 26.6 Å². The SMILES string of the molecule is CC[C@H](C)[C@H](NC(=O)CNC(=O)[C@H](CCCNC(=N)N)NC(=O)[C@@H](N)CC(C)C)C(=O)N[C@@H](CCC(=O)O)C(=O)O. The molecule has 41 heavy (non-hydrogen) atoms. The average Bonchev–Trinajstić information content (AvgIpc) is 2.88. The van der Waals surface area contributed by atoms with Crippen LogP contribution in [0.2, 0.25) is 0 Å². The van der Waals surface area contributed by atoms with Gasteiger partial charge in [-0.3, -0.25) is 29.4 Å². The van der Waals surface area contributed by atoms with Gasteiger partial charge in [-0.25, -0.2) is 4.79 Å². The molecule has 0 saturated carbocycles. The summed E-state index contributed by atoms with van der Waals surface area (Å²) in [5.41, 5.74) is 11.2. The van der Waals surface area contributed by atoms with Gasteiger partial charge in [-0.1, -0.05) is 34.1 Å². The van der Waals surface area contributed by atoms with E-state index >= 15 is 0 Å². The maximum Gasteiger partial charge on any atom is 0.326 e. The summed E-state index contributed by atoms with van der Waals surface area (Å²) in [6, 6.07) is -4.51. The number of carbonyl (C=O) groups excluding carboxylic acids is 4. The van der Waals surface area contributed by atoms with E-state index in [1.807, 2.05) is 13.8 Å². The van der Waals surface area contributed by atoms with Crippen LogP contribution in [0.3, 0.4) is 0 Å². The van der Waals surface area contributed by atoms with E-state index in [0.717, 1.165) is 0 Å². The van der Waals surface area contributed by atoms with Crippen molar-refractivity contribution in [3.05, 3.63) is 0 Å². The average molecular weight is 587 g/mol. The van der Waals surface area contributed by atoms with Crippen molar-refractivity contribution in [3.63, 3.8) is 0 Å². The highest BCUT2D eigenvalue weighted by Crippen LogP contribution is 2.10. The van der Waals surface area contributed by atoms with Crippen LogP contribution in [0.15, 0.2) is 0 Å². The van der Waals surface area contributed by atoms with Crippen LogP contribution in [0, 0.1) is 17.2 Å². The number of hydrogen-bond donors (Lipinski definition) is 10. The van der Waals surface area contributed by atoms with Crippen LogP contribution in [-0.2, 0) is 28.8 Å². The number of nitrogens with two attached hydrogens (primary N) is 2. The Morgan fingerprint density at radius 1 is 0.854 bits per heavy atom. The summed E-state index contributed by atoms with van der Waals surface area (Å²) in [4.78, 5) is 73.2. The summed E-state index contributed by atoms with van der Waals surface area (Å²) in [5, 5.41) is 37.7. The third-order valence-electron chi connectivity index (χ3n) is 6.18. The van der Waals surface area contributed by atoms with Crippen LogP contribution in [-0.4, -0.2) is 89.0 Å². The standard InChI is InChI=1S/C25H46N8O8/c1-5-14(4)20(23(39)32-17(24(40)41)8-9-19(35)36)33-18(34)12-30-22(38)16(7-6-10-29-25(27)28)31-21(37)15(26)11-13(2)3/h13-17,20H,5-12,26H2,1-4H3,(H,30,38)(H,31,37)(H,32,39)(H,33,34)(H,35,36)(H,40,41)(H4,27,28,29)/t14-,15-,16-,17-,20-/m0/s1. The van der Waals surface area contributed by atoms with Crippen molar-refractivity contribution in [2.45, 2.75) is 90.4 Å². The molecule has 0 saturated heterocycles. The molecule has 0 heterocycles. The molecular formula is C25H46N8O8. The summed E-state index contributed by atoms with van der Waals surface area (Å²) in [5.74, 6) is -5.92. The van der Waals surface area contributed by atoms with E-state index in [1.54, 1.807) is 13.8 Å². The van der Waals surface area contributed by atoms with Gasteiger partial charge >= 0.3 is 11.9 Å². The highest BCUT2D eigenvalue weighted by Gasteiger charge is 2.30. The fourth-order valence-electron chi connectivity index (χ4n) is 3.70. The van der Waals surface area contributed by atoms with Crippen molar-refractivity contribution in [3.8, 4) is 0 Å². The van der Waals surface area contributed by atoms with Gasteiger partial charge < -0.3 is 48.3 Å². The van der Waals surface area contributed by atoms with Crippen molar-refractivity contribution in [2.24, 2.45) is 23.3 Å². The minimum absolute atomic E-state index is 0.144. The maximum atomic E-state index is 12.9. The molecule has 0 aliphatic heterocycles. The summed E-state index contributed by atoms with van der Waals surface area (Å²) in [6.45, 7) is 6.94. The number of rotatable bonds is 20. The molecule has 16 nitrogen and oxygen atoms in total. The number of guanidine groups is 1. The third-order valence-corrected chi connectivity index (χ3v) is 6.18. The molecule has 0 aromatic carbocycles. The number of aliphatic carboxylic acids is 2. The molecule has 0 unspecified atom stereocenters. The molecule has 0 aromatic rings. The van der Waals surface area contributed by atoms with Crippen molar-refractivity contribution >= 4 is 41.5 Å². The van der Waals surface area contributed by atoms with Gasteiger partial charge in [0.25, 0.3) is 0 Å². The minimum atomic E-state index is -1.47. The fourth-order valence-corrected chi connectivity index (χ4v) is 3.70. The first-order valence-electron chi connectivity index (χ1n) is 13.5. The van der Waals surface area contributed by atoms with Gasteiger partial charge in [-0.15, -0.1) is 0 Å². The van der Waals surface area contributed by atoms with Gasteiger partial charge in [-0.2, -0.15) is 0 Å². The lowest BCUT2D eigenvalue weighted by Crippen LogP contribution is -2.56. The maximum absolute atomic E-state index is 12.9. The Bertz CT molecular complexity index is 929. The number of carboxylic acids is 2. The Balaban J connectivity index is 5.35. The van der Waals surface area contributed by atoms with E-state index in [9.17, 15) is 33.9 Å². The normalized spacial score (nSPS) is 14.5. The quantitative estimate of drug-likeness (QED) is 0.0431. The van der Waals surface area contributed by atoms with Crippen molar-refractivity contribution < 1.29 is 39.0 Å². The van der Waals surface area contributed by atoms with Crippen LogP contribution in [0.1, 0.15) is 66.2 Å². The van der Waals surface area contributed by atoms with E-state index in [0.29, 0.717) is 19.3 Å². The van der Waals surface area contributed by atoms with Crippen molar-refractivity contribution in [1.29, 1.82) is 5.41 Å². The van der Waals surface area contributed by atoms with Crippen LogP contribution in [0.5, 0.6) is 0 Å². The fraction of sp³-hybridized carbons (Fsp3) is 0.720. The molecule has 0 radical (unpaired) electrons. The number of carboxylic acid groups (broad SMARTS) is 2. The van der Waals surface area contributed by atoms with Gasteiger partial charge in [0.1, 0.15) is 18.1 Å². The van der Waals surface area contributed by atoms with Crippen LogP contribution >= 0.6 is 0 Å². The molecule has 0 aromatic heterocycles. The predicted octanol–water partition coefficient (Wildman–Crippen LogP) is -1.81. The van der Waals surface area contributed by atoms with Crippen LogP contribution in [0.4, 0.5) is 0 Å². The van der Waals surface area contributed by atoms with E-state index < -0.39 is 78.6 Å². The lowest BCUT2D eigenvalue weighted by Gasteiger charge is -2.26. The van der Waals surface area contributed by atoms with Gasteiger partial charge in [0.15, 0.2) is 5.96 Å². The molecular weight excluding hydrogens is 540 g/mol. The van der Waals surface area contributed by atoms with Crippen LogP contribution < -0.4 is 38.1 Å². The third kappa shape index (κ3) is 16.0. The second-order valence-corrected chi connectivity index (χ2v) is 10.3. The first-order valence-corrected chi connectivity index (χ1v) is 13.5. The lowest BCUT2D eigenvalue weighted by atomic mass is 9.97. The van der Waals surface area contributed by atoms with Gasteiger partial charge in [0.05, 0.1) is 12.6 Å². The van der Waals surface area contributed by atoms with E-state index in [1.165, 1.54) is 0 Å². The topological polar surface area (TPSA) is 279 Å². The second kappa shape index (κ2) is 19.2. The summed E-state index contributed by atoms with van der Waals surface area (Å²) < 4.78 is 0. The molecule has 16 heteroatoms. The molecule has 12 N–H and O–H groups in total. The smallest absolute Gasteiger partial charge is 0.326 e. The number of amides is 4. The highest BCUT2D eigenvalue weighted by molar-refractivity contribution is 5.94. The number of carbonyl (C=O) groups is 6. The molecule has 0 aliphatic carbocycles. The summed E-state index contributed by atoms with van der Waals surface area (Å²) in [7, 11) is 0. The van der Waals surface area contributed by atoms with Crippen molar-refractivity contribution in [1.82, 2.24) is 26.6 Å². The van der Waals surface area contributed by atoms with Crippen LogP contribution in [0.25, 0.3) is 0 Å². The molecule has 5 atom stereocenters. The van der Waals surface area contributed by atoms with Gasteiger partial charge in [0, 0.05) is 13.0 Å². The summed E-state index contributed by atoms with van der Waals surface area (Å²) >= 11 is 0. The molecule has 0 aliphatic rings. The number of hydrogen-bond acceptors (Lipinski definition) is 8. The first kappa shape index (κ1) is 37.0. The zero-order valence-electron chi connectivity index (χ0n) is 24.1. The minimum Gasteiger partial charge on any atom is -0.481 e. The van der Waals surface area contributed by atoms with Crippen molar-refractivity contribution in [2.75, 3.05) is 13.1 Å². The Hall–Kier alpha value is -3.95. The number of nitrogens with one attached hydrogen (secondary N) is 6. The lowest BCUT2D eigenvalue weighted by molar-refractivity contribution is -0.143. The zero-order chi connectivity index (χ0) is 31.7. The molecule has 0 fully saturated rings. The molecule has 4 amide bonds. The Morgan fingerprint density at radius 2 is 1.46 bits per heavy atom. The monoisotopic (exact) mass is 586 g/mol. The van der Waals surface area contributed by atoms with E-state index in [-0.39, 0.29) is 31.3 Å².